The summed E-state index contributed by atoms with van der Waals surface area (Å²) in [5, 5.41) is 16.8. The molecule has 1 aromatic heterocycles. The highest BCUT2D eigenvalue weighted by Crippen LogP contribution is 2.30. The van der Waals surface area contributed by atoms with Crippen molar-refractivity contribution in [1.29, 1.82) is 0 Å². The SMILES string of the molecule is COc1cc2nnn(CCO)c2cc1OC. The van der Waals surface area contributed by atoms with Crippen LogP contribution in [0.15, 0.2) is 12.1 Å². The molecule has 1 N–H and O–H groups in total. The number of ether oxygens (including phenoxy) is 2. The number of hydrogen-bond acceptors (Lipinski definition) is 5. The van der Waals surface area contributed by atoms with Gasteiger partial charge < -0.3 is 14.6 Å². The van der Waals surface area contributed by atoms with Gasteiger partial charge in [-0.15, -0.1) is 5.10 Å². The van der Waals surface area contributed by atoms with Crippen molar-refractivity contribution in [2.24, 2.45) is 0 Å². The lowest BCUT2D eigenvalue weighted by atomic mass is 10.2. The molecule has 1 aromatic carbocycles. The van der Waals surface area contributed by atoms with Crippen LogP contribution in [0.25, 0.3) is 11.0 Å². The van der Waals surface area contributed by atoms with E-state index in [1.54, 1.807) is 31.0 Å². The molecule has 0 amide bonds. The molecule has 0 fully saturated rings. The van der Waals surface area contributed by atoms with Crippen LogP contribution in [0.4, 0.5) is 0 Å². The van der Waals surface area contributed by atoms with Gasteiger partial charge in [0.2, 0.25) is 0 Å². The molecule has 0 aliphatic rings. The predicted molar refractivity (Wildman–Crippen MR) is 57.7 cm³/mol. The van der Waals surface area contributed by atoms with Crippen molar-refractivity contribution in [3.63, 3.8) is 0 Å². The first-order chi connectivity index (χ1) is 7.80. The van der Waals surface area contributed by atoms with Gasteiger partial charge in [0, 0.05) is 12.1 Å². The lowest BCUT2D eigenvalue weighted by molar-refractivity contribution is 0.270. The van der Waals surface area contributed by atoms with Gasteiger partial charge in [-0.25, -0.2) is 4.68 Å². The van der Waals surface area contributed by atoms with Crippen molar-refractivity contribution in [3.05, 3.63) is 12.1 Å². The fourth-order valence-electron chi connectivity index (χ4n) is 1.55. The Morgan fingerprint density at radius 1 is 1.25 bits per heavy atom. The van der Waals surface area contributed by atoms with Crippen LogP contribution >= 0.6 is 0 Å². The summed E-state index contributed by atoms with van der Waals surface area (Å²) in [6.07, 6.45) is 0. The Morgan fingerprint density at radius 2 is 1.94 bits per heavy atom. The van der Waals surface area contributed by atoms with E-state index in [0.717, 1.165) is 5.52 Å². The second-order valence-corrected chi connectivity index (χ2v) is 3.23. The Bertz CT molecular complexity index is 495. The highest BCUT2D eigenvalue weighted by molar-refractivity contribution is 5.79. The molecule has 0 saturated heterocycles. The van der Waals surface area contributed by atoms with E-state index in [9.17, 15) is 0 Å². The van der Waals surface area contributed by atoms with Crippen molar-refractivity contribution < 1.29 is 14.6 Å². The second-order valence-electron chi connectivity index (χ2n) is 3.23. The van der Waals surface area contributed by atoms with E-state index in [1.807, 2.05) is 0 Å². The lowest BCUT2D eigenvalue weighted by Gasteiger charge is -2.07. The average molecular weight is 223 g/mol. The van der Waals surface area contributed by atoms with Crippen LogP contribution < -0.4 is 9.47 Å². The molecular weight excluding hydrogens is 210 g/mol. The zero-order valence-electron chi connectivity index (χ0n) is 9.17. The van der Waals surface area contributed by atoms with Crippen molar-refractivity contribution in [2.45, 2.75) is 6.54 Å². The normalized spacial score (nSPS) is 10.7. The zero-order valence-corrected chi connectivity index (χ0v) is 9.17. The standard InChI is InChI=1S/C10H13N3O3/c1-15-9-5-7-8(6-10(9)16-2)13(3-4-14)12-11-7/h5-6,14H,3-4H2,1-2H3. The number of methoxy groups -OCH3 is 2. The molecule has 6 nitrogen and oxygen atoms in total. The molecule has 6 heteroatoms. The van der Waals surface area contributed by atoms with Gasteiger partial charge in [-0.2, -0.15) is 0 Å². The van der Waals surface area contributed by atoms with Crippen molar-refractivity contribution in [1.82, 2.24) is 15.0 Å². The smallest absolute Gasteiger partial charge is 0.163 e. The summed E-state index contributed by atoms with van der Waals surface area (Å²) in [6.45, 7) is 0.429. The number of fused-ring (bicyclic) bond motifs is 1. The summed E-state index contributed by atoms with van der Waals surface area (Å²) >= 11 is 0. The van der Waals surface area contributed by atoms with Crippen LogP contribution in [0, 0.1) is 0 Å². The van der Waals surface area contributed by atoms with Gasteiger partial charge in [0.1, 0.15) is 5.52 Å². The van der Waals surface area contributed by atoms with E-state index in [1.165, 1.54) is 0 Å². The number of aliphatic hydroxyl groups is 1. The van der Waals surface area contributed by atoms with Gasteiger partial charge >= 0.3 is 0 Å². The van der Waals surface area contributed by atoms with Crippen LogP contribution in [0.2, 0.25) is 0 Å². The van der Waals surface area contributed by atoms with Crippen molar-refractivity contribution in [2.75, 3.05) is 20.8 Å². The van der Waals surface area contributed by atoms with Crippen LogP contribution in [-0.2, 0) is 6.54 Å². The van der Waals surface area contributed by atoms with Gasteiger partial charge in [-0.05, 0) is 0 Å². The maximum absolute atomic E-state index is 8.88. The fraction of sp³-hybridized carbons (Fsp3) is 0.400. The molecule has 0 aliphatic carbocycles. The molecule has 0 aliphatic heterocycles. The molecule has 0 unspecified atom stereocenters. The van der Waals surface area contributed by atoms with Crippen molar-refractivity contribution >= 4 is 11.0 Å². The molecular formula is C10H13N3O3. The monoisotopic (exact) mass is 223 g/mol. The third-order valence-electron chi connectivity index (χ3n) is 2.33. The molecule has 2 rings (SSSR count). The zero-order chi connectivity index (χ0) is 11.5. The van der Waals surface area contributed by atoms with Gasteiger partial charge in [0.15, 0.2) is 11.5 Å². The van der Waals surface area contributed by atoms with E-state index >= 15 is 0 Å². The van der Waals surface area contributed by atoms with Gasteiger partial charge in [-0.3, -0.25) is 0 Å². The minimum atomic E-state index is 0.0206. The summed E-state index contributed by atoms with van der Waals surface area (Å²) in [7, 11) is 3.14. The molecule has 0 saturated carbocycles. The fourth-order valence-corrected chi connectivity index (χ4v) is 1.55. The summed E-state index contributed by atoms with van der Waals surface area (Å²) in [4.78, 5) is 0. The minimum absolute atomic E-state index is 0.0206. The van der Waals surface area contributed by atoms with Crippen molar-refractivity contribution in [3.8, 4) is 11.5 Å². The second kappa shape index (κ2) is 4.36. The molecule has 0 spiro atoms. The first kappa shape index (κ1) is 10.7. The van der Waals surface area contributed by atoms with Gasteiger partial charge in [-0.1, -0.05) is 5.21 Å². The van der Waals surface area contributed by atoms with E-state index in [0.29, 0.717) is 23.6 Å². The van der Waals surface area contributed by atoms with Crippen LogP contribution in [0.1, 0.15) is 0 Å². The predicted octanol–water partition coefficient (Wildman–Crippen LogP) is 0.441. The van der Waals surface area contributed by atoms with Gasteiger partial charge in [0.25, 0.3) is 0 Å². The lowest BCUT2D eigenvalue weighted by Crippen LogP contribution is -2.03. The average Bonchev–Trinajstić information content (AvgIpc) is 2.70. The number of rotatable bonds is 4. The maximum atomic E-state index is 8.88. The first-order valence-corrected chi connectivity index (χ1v) is 4.86. The number of hydrogen-bond donors (Lipinski definition) is 1. The molecule has 0 radical (unpaired) electrons. The first-order valence-electron chi connectivity index (χ1n) is 4.86. The molecule has 1 heterocycles. The van der Waals surface area contributed by atoms with E-state index in [4.69, 9.17) is 14.6 Å². The van der Waals surface area contributed by atoms with E-state index in [-0.39, 0.29) is 6.61 Å². The summed E-state index contributed by atoms with van der Waals surface area (Å²) in [5.41, 5.74) is 1.53. The highest BCUT2D eigenvalue weighted by atomic mass is 16.5. The molecule has 0 atom stereocenters. The Hall–Kier alpha value is -1.82. The quantitative estimate of drug-likeness (QED) is 0.814. The Labute approximate surface area is 92.4 Å². The highest BCUT2D eigenvalue weighted by Gasteiger charge is 2.10. The third kappa shape index (κ3) is 1.67. The van der Waals surface area contributed by atoms with Gasteiger partial charge in [0.05, 0.1) is 32.9 Å². The number of nitrogens with zero attached hydrogens (tertiary/aromatic N) is 3. The topological polar surface area (TPSA) is 69.4 Å². The summed E-state index contributed by atoms with van der Waals surface area (Å²) in [5.74, 6) is 1.24. The molecule has 86 valence electrons. The van der Waals surface area contributed by atoms with Crippen LogP contribution in [0.5, 0.6) is 11.5 Å². The largest absolute Gasteiger partial charge is 0.493 e. The number of aromatic nitrogens is 3. The summed E-state index contributed by atoms with van der Waals surface area (Å²) in [6, 6.07) is 3.55. The molecule has 2 aromatic rings. The maximum Gasteiger partial charge on any atom is 0.163 e. The summed E-state index contributed by atoms with van der Waals surface area (Å²) < 4.78 is 12.0. The molecule has 0 bridgehead atoms. The Kier molecular flexibility index (Phi) is 2.91. The minimum Gasteiger partial charge on any atom is -0.493 e. The van der Waals surface area contributed by atoms with Crippen LogP contribution in [-0.4, -0.2) is 40.9 Å². The number of aliphatic hydroxyl groups excluding tert-OH is 1. The van der Waals surface area contributed by atoms with Crippen LogP contribution in [0.3, 0.4) is 0 Å². The Balaban J connectivity index is 2.57. The Morgan fingerprint density at radius 3 is 2.56 bits per heavy atom. The van der Waals surface area contributed by atoms with E-state index < -0.39 is 0 Å². The molecule has 16 heavy (non-hydrogen) atoms. The van der Waals surface area contributed by atoms with E-state index in [2.05, 4.69) is 10.3 Å². The third-order valence-corrected chi connectivity index (χ3v) is 2.33. The number of benzene rings is 1.